The molecule has 14 heavy (non-hydrogen) atoms. The molecule has 0 aromatic carbocycles. The predicted molar refractivity (Wildman–Crippen MR) is 49.3 cm³/mol. The summed E-state index contributed by atoms with van der Waals surface area (Å²) < 4.78 is 26.1. The van der Waals surface area contributed by atoms with E-state index in [0.717, 1.165) is 5.56 Å². The number of aromatic amines is 1. The minimum atomic E-state index is -2.46. The van der Waals surface area contributed by atoms with Gasteiger partial charge in [-0.1, -0.05) is 6.92 Å². The van der Waals surface area contributed by atoms with Crippen molar-refractivity contribution in [2.24, 2.45) is 5.92 Å². The standard InChI is InChI=1S/C10H14F2N2/c1-7-4-10(11,12)3-2-9(7)8-5-13-14-6-8/h5-7,9H,2-4H2,1H3,(H,13,14)/t7-,9-/m0/s1. The molecule has 1 aromatic heterocycles. The molecular weight excluding hydrogens is 186 g/mol. The molecule has 4 heteroatoms. The van der Waals surface area contributed by atoms with Crippen LogP contribution in [-0.4, -0.2) is 16.1 Å². The summed E-state index contributed by atoms with van der Waals surface area (Å²) in [7, 11) is 0. The van der Waals surface area contributed by atoms with Crippen LogP contribution in [-0.2, 0) is 0 Å². The van der Waals surface area contributed by atoms with Gasteiger partial charge in [0.05, 0.1) is 6.20 Å². The molecule has 1 saturated carbocycles. The van der Waals surface area contributed by atoms with E-state index >= 15 is 0 Å². The van der Waals surface area contributed by atoms with Gasteiger partial charge in [0.15, 0.2) is 0 Å². The van der Waals surface area contributed by atoms with E-state index < -0.39 is 5.92 Å². The summed E-state index contributed by atoms with van der Waals surface area (Å²) in [6.07, 6.45) is 4.12. The van der Waals surface area contributed by atoms with Crippen LogP contribution in [0.3, 0.4) is 0 Å². The first-order chi connectivity index (χ1) is 6.58. The van der Waals surface area contributed by atoms with E-state index in [1.165, 1.54) is 0 Å². The Morgan fingerprint density at radius 1 is 1.57 bits per heavy atom. The molecule has 2 nitrogen and oxygen atoms in total. The van der Waals surface area contributed by atoms with Crippen molar-refractivity contribution in [1.29, 1.82) is 0 Å². The summed E-state index contributed by atoms with van der Waals surface area (Å²) in [4.78, 5) is 0. The first-order valence-electron chi connectivity index (χ1n) is 4.95. The summed E-state index contributed by atoms with van der Waals surface area (Å²) in [5, 5.41) is 6.59. The van der Waals surface area contributed by atoms with Gasteiger partial charge in [0, 0.05) is 19.0 Å². The van der Waals surface area contributed by atoms with Crippen molar-refractivity contribution in [3.05, 3.63) is 18.0 Å². The molecule has 1 aliphatic rings. The first-order valence-corrected chi connectivity index (χ1v) is 4.95. The number of halogens is 2. The Labute approximate surface area is 81.7 Å². The average Bonchev–Trinajstić information content (AvgIpc) is 2.54. The van der Waals surface area contributed by atoms with Crippen LogP contribution in [0.15, 0.2) is 12.4 Å². The third-order valence-electron chi connectivity index (χ3n) is 3.08. The van der Waals surface area contributed by atoms with E-state index in [1.54, 1.807) is 6.20 Å². The van der Waals surface area contributed by atoms with E-state index in [9.17, 15) is 8.78 Å². The van der Waals surface area contributed by atoms with E-state index in [4.69, 9.17) is 0 Å². The predicted octanol–water partition coefficient (Wildman–Crippen LogP) is 2.95. The van der Waals surface area contributed by atoms with Gasteiger partial charge < -0.3 is 0 Å². The molecule has 0 spiro atoms. The molecule has 0 saturated heterocycles. The van der Waals surface area contributed by atoms with Crippen molar-refractivity contribution in [3.63, 3.8) is 0 Å². The summed E-state index contributed by atoms with van der Waals surface area (Å²) in [6, 6.07) is 0. The highest BCUT2D eigenvalue weighted by Gasteiger charge is 2.39. The fraction of sp³-hybridized carbons (Fsp3) is 0.700. The zero-order valence-electron chi connectivity index (χ0n) is 8.13. The van der Waals surface area contributed by atoms with Crippen molar-refractivity contribution in [2.75, 3.05) is 0 Å². The van der Waals surface area contributed by atoms with Crippen LogP contribution >= 0.6 is 0 Å². The van der Waals surface area contributed by atoms with Gasteiger partial charge in [0.2, 0.25) is 5.92 Å². The van der Waals surface area contributed by atoms with Crippen LogP contribution < -0.4 is 0 Å². The zero-order chi connectivity index (χ0) is 10.2. The van der Waals surface area contributed by atoms with Gasteiger partial charge in [-0.25, -0.2) is 8.78 Å². The van der Waals surface area contributed by atoms with Gasteiger partial charge >= 0.3 is 0 Å². The Balaban J connectivity index is 2.10. The number of nitrogens with one attached hydrogen (secondary N) is 1. The summed E-state index contributed by atoms with van der Waals surface area (Å²) in [5.74, 6) is -2.18. The van der Waals surface area contributed by atoms with Crippen LogP contribution in [0, 0.1) is 5.92 Å². The molecule has 1 aromatic rings. The highest BCUT2D eigenvalue weighted by atomic mass is 19.3. The van der Waals surface area contributed by atoms with Crippen molar-refractivity contribution in [1.82, 2.24) is 10.2 Å². The molecule has 1 N–H and O–H groups in total. The molecule has 1 aliphatic carbocycles. The number of nitrogens with zero attached hydrogens (tertiary/aromatic N) is 1. The van der Waals surface area contributed by atoms with E-state index in [2.05, 4.69) is 10.2 Å². The fourth-order valence-electron chi connectivity index (χ4n) is 2.33. The lowest BCUT2D eigenvalue weighted by atomic mass is 9.76. The highest BCUT2D eigenvalue weighted by Crippen LogP contribution is 2.44. The summed E-state index contributed by atoms with van der Waals surface area (Å²) in [5.41, 5.74) is 1.06. The van der Waals surface area contributed by atoms with Crippen LogP contribution in [0.1, 0.15) is 37.7 Å². The largest absolute Gasteiger partial charge is 0.285 e. The molecule has 0 amide bonds. The second kappa shape index (κ2) is 3.33. The van der Waals surface area contributed by atoms with Gasteiger partial charge in [-0.2, -0.15) is 5.10 Å². The number of alkyl halides is 2. The Bertz CT molecular complexity index is 295. The lowest BCUT2D eigenvalue weighted by Gasteiger charge is -2.33. The van der Waals surface area contributed by atoms with Gasteiger partial charge in [-0.15, -0.1) is 0 Å². The molecule has 78 valence electrons. The third kappa shape index (κ3) is 1.79. The molecule has 0 bridgehead atoms. The number of H-pyrrole nitrogens is 1. The molecule has 0 unspecified atom stereocenters. The minimum absolute atomic E-state index is 0.00282. The van der Waals surface area contributed by atoms with Gasteiger partial charge in [0.1, 0.15) is 0 Å². The van der Waals surface area contributed by atoms with E-state index in [0.29, 0.717) is 6.42 Å². The Morgan fingerprint density at radius 2 is 2.36 bits per heavy atom. The second-order valence-electron chi connectivity index (χ2n) is 4.21. The molecule has 1 heterocycles. The second-order valence-corrected chi connectivity index (χ2v) is 4.21. The Kier molecular flexibility index (Phi) is 2.29. The highest BCUT2D eigenvalue weighted by molar-refractivity contribution is 5.13. The molecule has 2 rings (SSSR count). The number of aromatic nitrogens is 2. The first kappa shape index (κ1) is 9.62. The van der Waals surface area contributed by atoms with Gasteiger partial charge in [-0.3, -0.25) is 5.10 Å². The van der Waals surface area contributed by atoms with Crippen LogP contribution in [0.2, 0.25) is 0 Å². The smallest absolute Gasteiger partial charge is 0.248 e. The average molecular weight is 200 g/mol. The van der Waals surface area contributed by atoms with Crippen molar-refractivity contribution >= 4 is 0 Å². The Hall–Kier alpha value is -0.930. The SMILES string of the molecule is C[C@H]1CC(F)(F)CC[C@@H]1c1cn[nH]c1. The lowest BCUT2D eigenvalue weighted by molar-refractivity contribution is -0.0555. The maximum absolute atomic E-state index is 13.0. The minimum Gasteiger partial charge on any atom is -0.285 e. The summed E-state index contributed by atoms with van der Waals surface area (Å²) in [6.45, 7) is 1.89. The van der Waals surface area contributed by atoms with Crippen molar-refractivity contribution < 1.29 is 8.78 Å². The number of rotatable bonds is 1. The number of hydrogen-bond acceptors (Lipinski definition) is 1. The van der Waals surface area contributed by atoms with Crippen LogP contribution in [0.25, 0.3) is 0 Å². The van der Waals surface area contributed by atoms with Crippen LogP contribution in [0.5, 0.6) is 0 Å². The summed E-state index contributed by atoms with van der Waals surface area (Å²) >= 11 is 0. The molecular formula is C10H14F2N2. The van der Waals surface area contributed by atoms with Crippen molar-refractivity contribution in [3.8, 4) is 0 Å². The monoisotopic (exact) mass is 200 g/mol. The van der Waals surface area contributed by atoms with E-state index in [1.807, 2.05) is 13.1 Å². The topological polar surface area (TPSA) is 28.7 Å². The number of hydrogen-bond donors (Lipinski definition) is 1. The maximum atomic E-state index is 13.0. The van der Waals surface area contributed by atoms with Gasteiger partial charge in [0.25, 0.3) is 0 Å². The Morgan fingerprint density at radius 3 is 2.93 bits per heavy atom. The lowest BCUT2D eigenvalue weighted by Crippen LogP contribution is -2.29. The fourth-order valence-corrected chi connectivity index (χ4v) is 2.33. The van der Waals surface area contributed by atoms with Gasteiger partial charge in [-0.05, 0) is 23.8 Å². The maximum Gasteiger partial charge on any atom is 0.248 e. The quantitative estimate of drug-likeness (QED) is 0.741. The third-order valence-corrected chi connectivity index (χ3v) is 3.08. The van der Waals surface area contributed by atoms with Crippen molar-refractivity contribution in [2.45, 2.75) is 38.0 Å². The molecule has 0 radical (unpaired) electrons. The molecule has 1 fully saturated rings. The normalized spacial score (nSPS) is 31.6. The van der Waals surface area contributed by atoms with E-state index in [-0.39, 0.29) is 24.7 Å². The van der Waals surface area contributed by atoms with Crippen LogP contribution in [0.4, 0.5) is 8.78 Å². The zero-order valence-corrected chi connectivity index (χ0v) is 8.13. The molecule has 2 atom stereocenters. The molecule has 0 aliphatic heterocycles.